The van der Waals surface area contributed by atoms with Crippen molar-refractivity contribution in [1.29, 1.82) is 0 Å². The molecule has 0 heterocycles. The third-order valence-electron chi connectivity index (χ3n) is 4.21. The number of sulfonamides is 1. The maximum absolute atomic E-state index is 13.4. The number of benzene rings is 3. The first-order valence-corrected chi connectivity index (χ1v) is 10.2. The van der Waals surface area contributed by atoms with Gasteiger partial charge in [-0.15, -0.1) is 0 Å². The number of anilines is 1. The van der Waals surface area contributed by atoms with Crippen LogP contribution in [0.3, 0.4) is 0 Å². The molecule has 0 atom stereocenters. The molecule has 0 amide bonds. The molecule has 0 aromatic heterocycles. The highest BCUT2D eigenvalue weighted by Crippen LogP contribution is 2.29. The Morgan fingerprint density at radius 1 is 0.963 bits per heavy atom. The predicted molar refractivity (Wildman–Crippen MR) is 109 cm³/mol. The molecule has 140 valence electrons. The van der Waals surface area contributed by atoms with E-state index in [0.29, 0.717) is 16.5 Å². The van der Waals surface area contributed by atoms with Gasteiger partial charge in [0.1, 0.15) is 5.75 Å². The number of halogens is 1. The van der Waals surface area contributed by atoms with Gasteiger partial charge in [0.2, 0.25) is 0 Å². The highest BCUT2D eigenvalue weighted by molar-refractivity contribution is 7.92. The molecule has 0 fully saturated rings. The minimum atomic E-state index is -3.79. The summed E-state index contributed by atoms with van der Waals surface area (Å²) in [5, 5.41) is 0.528. The van der Waals surface area contributed by atoms with Crippen LogP contribution in [0.5, 0.6) is 5.75 Å². The lowest BCUT2D eigenvalue weighted by Crippen LogP contribution is -2.30. The molecular weight excluding hydrogens is 382 g/mol. The van der Waals surface area contributed by atoms with Gasteiger partial charge in [0, 0.05) is 5.02 Å². The van der Waals surface area contributed by atoms with Crippen molar-refractivity contribution in [2.75, 3.05) is 11.4 Å². The Hall–Kier alpha value is -2.50. The highest BCUT2D eigenvalue weighted by Gasteiger charge is 2.26. The summed E-state index contributed by atoms with van der Waals surface area (Å²) in [4.78, 5) is 0.192. The summed E-state index contributed by atoms with van der Waals surface area (Å²) >= 11 is 6.28. The molecule has 0 bridgehead atoms. The van der Waals surface area contributed by atoms with Crippen molar-refractivity contribution in [3.8, 4) is 5.75 Å². The van der Waals surface area contributed by atoms with Crippen LogP contribution in [-0.4, -0.2) is 15.5 Å². The molecule has 6 heteroatoms. The second-order valence-corrected chi connectivity index (χ2v) is 8.39. The molecular formula is C21H20ClNO3S. The van der Waals surface area contributed by atoms with Crippen LogP contribution in [0.1, 0.15) is 11.1 Å². The van der Waals surface area contributed by atoms with E-state index in [0.717, 1.165) is 11.1 Å². The number of aryl methyl sites for hydroxylation is 1. The molecule has 0 aliphatic carbocycles. The normalized spacial score (nSPS) is 11.2. The van der Waals surface area contributed by atoms with Gasteiger partial charge in [-0.05, 0) is 60.5 Å². The van der Waals surface area contributed by atoms with Crippen LogP contribution >= 0.6 is 11.6 Å². The Kier molecular flexibility index (Phi) is 5.73. The van der Waals surface area contributed by atoms with Crippen LogP contribution in [0.2, 0.25) is 5.02 Å². The molecule has 0 saturated heterocycles. The highest BCUT2D eigenvalue weighted by atomic mass is 35.5. The zero-order valence-corrected chi connectivity index (χ0v) is 16.7. The molecule has 3 aromatic rings. The van der Waals surface area contributed by atoms with Gasteiger partial charge in [0.15, 0.2) is 0 Å². The summed E-state index contributed by atoms with van der Waals surface area (Å²) in [7, 11) is -2.25. The first kappa shape index (κ1) is 19.3. The minimum Gasteiger partial charge on any atom is -0.497 e. The lowest BCUT2D eigenvalue weighted by atomic mass is 10.2. The maximum atomic E-state index is 13.4. The zero-order valence-electron chi connectivity index (χ0n) is 15.1. The van der Waals surface area contributed by atoms with Crippen molar-refractivity contribution < 1.29 is 13.2 Å². The van der Waals surface area contributed by atoms with E-state index in [1.807, 2.05) is 43.3 Å². The Balaban J connectivity index is 2.09. The third kappa shape index (κ3) is 4.26. The van der Waals surface area contributed by atoms with E-state index in [4.69, 9.17) is 16.3 Å². The molecule has 3 rings (SSSR count). The second-order valence-electron chi connectivity index (χ2n) is 6.12. The van der Waals surface area contributed by atoms with Crippen LogP contribution in [0.4, 0.5) is 5.69 Å². The molecule has 0 spiro atoms. The standard InChI is InChI=1S/C21H20ClNO3S/c1-16-6-5-8-18(14-16)23(15-17-7-3-4-9-21(17)22)27(24,25)20-12-10-19(26-2)11-13-20/h3-14H,15H2,1-2H3. The van der Waals surface area contributed by atoms with Crippen LogP contribution in [0.25, 0.3) is 0 Å². The lowest BCUT2D eigenvalue weighted by molar-refractivity contribution is 0.414. The topological polar surface area (TPSA) is 46.6 Å². The van der Waals surface area contributed by atoms with Gasteiger partial charge in [-0.3, -0.25) is 4.31 Å². The zero-order chi connectivity index (χ0) is 19.4. The quantitative estimate of drug-likeness (QED) is 0.580. The number of ether oxygens (including phenoxy) is 1. The maximum Gasteiger partial charge on any atom is 0.264 e. The predicted octanol–water partition coefficient (Wildman–Crippen LogP) is 5.05. The van der Waals surface area contributed by atoms with Gasteiger partial charge >= 0.3 is 0 Å². The molecule has 0 N–H and O–H groups in total. The van der Waals surface area contributed by atoms with Crippen LogP contribution in [0.15, 0.2) is 77.7 Å². The van der Waals surface area contributed by atoms with E-state index in [2.05, 4.69) is 0 Å². The van der Waals surface area contributed by atoms with E-state index in [1.165, 1.54) is 4.31 Å². The smallest absolute Gasteiger partial charge is 0.264 e. The van der Waals surface area contributed by atoms with E-state index in [-0.39, 0.29) is 11.4 Å². The summed E-state index contributed by atoms with van der Waals surface area (Å²) in [6.45, 7) is 2.06. The summed E-state index contributed by atoms with van der Waals surface area (Å²) in [5.74, 6) is 0.599. The molecule has 0 unspecified atom stereocenters. The number of hydrogen-bond acceptors (Lipinski definition) is 3. The first-order valence-electron chi connectivity index (χ1n) is 8.38. The molecule has 27 heavy (non-hydrogen) atoms. The average Bonchev–Trinajstić information content (AvgIpc) is 2.67. The van der Waals surface area contributed by atoms with E-state index in [1.54, 1.807) is 43.5 Å². The van der Waals surface area contributed by atoms with E-state index in [9.17, 15) is 8.42 Å². The second kappa shape index (κ2) is 8.03. The van der Waals surface area contributed by atoms with Gasteiger partial charge in [-0.25, -0.2) is 8.42 Å². The number of rotatable bonds is 6. The fourth-order valence-electron chi connectivity index (χ4n) is 2.75. The fourth-order valence-corrected chi connectivity index (χ4v) is 4.38. The van der Waals surface area contributed by atoms with E-state index < -0.39 is 10.0 Å². The van der Waals surface area contributed by atoms with E-state index >= 15 is 0 Å². The summed E-state index contributed by atoms with van der Waals surface area (Å²) in [6.07, 6.45) is 0. The number of hydrogen-bond donors (Lipinski definition) is 0. The van der Waals surface area contributed by atoms with Gasteiger partial charge in [-0.2, -0.15) is 0 Å². The molecule has 4 nitrogen and oxygen atoms in total. The third-order valence-corrected chi connectivity index (χ3v) is 6.37. The fraction of sp³-hybridized carbons (Fsp3) is 0.143. The van der Waals surface area contributed by atoms with Crippen LogP contribution in [0, 0.1) is 6.92 Å². The molecule has 0 aliphatic rings. The first-order chi connectivity index (χ1) is 12.9. The van der Waals surface area contributed by atoms with Gasteiger partial charge in [0.25, 0.3) is 10.0 Å². The molecule has 0 radical (unpaired) electrons. The average molecular weight is 402 g/mol. The lowest BCUT2D eigenvalue weighted by Gasteiger charge is -2.25. The Bertz CT molecular complexity index is 1030. The van der Waals surface area contributed by atoms with Crippen molar-refractivity contribution in [2.45, 2.75) is 18.4 Å². The number of nitrogens with zero attached hydrogens (tertiary/aromatic N) is 1. The van der Waals surface area contributed by atoms with Crippen LogP contribution in [-0.2, 0) is 16.6 Å². The van der Waals surface area contributed by atoms with Gasteiger partial charge < -0.3 is 4.74 Å². The van der Waals surface area contributed by atoms with Gasteiger partial charge in [-0.1, -0.05) is 41.9 Å². The van der Waals surface area contributed by atoms with Crippen molar-refractivity contribution in [3.05, 3.63) is 88.9 Å². The van der Waals surface area contributed by atoms with Crippen molar-refractivity contribution >= 4 is 27.3 Å². The summed E-state index contributed by atoms with van der Waals surface area (Å²) in [6, 6.07) is 21.0. The van der Waals surface area contributed by atoms with Crippen molar-refractivity contribution in [3.63, 3.8) is 0 Å². The monoisotopic (exact) mass is 401 g/mol. The molecule has 0 saturated carbocycles. The molecule has 0 aliphatic heterocycles. The Labute approximate surface area is 165 Å². The van der Waals surface area contributed by atoms with Crippen LogP contribution < -0.4 is 9.04 Å². The van der Waals surface area contributed by atoms with Crippen molar-refractivity contribution in [1.82, 2.24) is 0 Å². The molecule has 3 aromatic carbocycles. The largest absolute Gasteiger partial charge is 0.497 e. The van der Waals surface area contributed by atoms with Gasteiger partial charge in [0.05, 0.1) is 24.2 Å². The Morgan fingerprint density at radius 2 is 1.67 bits per heavy atom. The SMILES string of the molecule is COc1ccc(S(=O)(=O)N(Cc2ccccc2Cl)c2cccc(C)c2)cc1. The minimum absolute atomic E-state index is 0.136. The van der Waals surface area contributed by atoms with Crippen molar-refractivity contribution in [2.24, 2.45) is 0 Å². The summed E-state index contributed by atoms with van der Waals surface area (Å²) in [5.41, 5.74) is 2.30. The summed E-state index contributed by atoms with van der Waals surface area (Å²) < 4.78 is 33.3. The Morgan fingerprint density at radius 3 is 2.30 bits per heavy atom. The number of methoxy groups -OCH3 is 1.